The van der Waals surface area contributed by atoms with Crippen molar-refractivity contribution in [1.82, 2.24) is 4.98 Å². The third-order valence-corrected chi connectivity index (χ3v) is 2.68. The molecule has 82 valence electrons. The number of hydrogen-bond acceptors (Lipinski definition) is 3. The fourth-order valence-corrected chi connectivity index (χ4v) is 1.93. The molecular weight excluding hydrogens is 188 g/mol. The summed E-state index contributed by atoms with van der Waals surface area (Å²) in [7, 11) is 0. The molecular formula is C12H18N2O. The highest BCUT2D eigenvalue weighted by Crippen LogP contribution is 2.19. The Morgan fingerprint density at radius 3 is 2.80 bits per heavy atom. The SMILES string of the molecule is CCOc1cccc(N2CCCCC2)n1. The van der Waals surface area contributed by atoms with Crippen molar-refractivity contribution in [2.45, 2.75) is 26.2 Å². The minimum atomic E-state index is 0.677. The lowest BCUT2D eigenvalue weighted by molar-refractivity contribution is 0.327. The largest absolute Gasteiger partial charge is 0.478 e. The molecule has 0 radical (unpaired) electrons. The van der Waals surface area contributed by atoms with Crippen molar-refractivity contribution in [2.24, 2.45) is 0 Å². The Labute approximate surface area is 91.1 Å². The smallest absolute Gasteiger partial charge is 0.215 e. The summed E-state index contributed by atoms with van der Waals surface area (Å²) in [6, 6.07) is 5.99. The van der Waals surface area contributed by atoms with E-state index in [1.165, 1.54) is 19.3 Å². The number of hydrogen-bond donors (Lipinski definition) is 0. The number of ether oxygens (including phenoxy) is 1. The van der Waals surface area contributed by atoms with Gasteiger partial charge in [0.2, 0.25) is 5.88 Å². The van der Waals surface area contributed by atoms with Gasteiger partial charge in [0.1, 0.15) is 5.82 Å². The Balaban J connectivity index is 2.09. The predicted molar refractivity (Wildman–Crippen MR) is 61.5 cm³/mol. The molecule has 1 aliphatic heterocycles. The van der Waals surface area contributed by atoms with Gasteiger partial charge in [-0.3, -0.25) is 0 Å². The molecule has 0 spiro atoms. The summed E-state index contributed by atoms with van der Waals surface area (Å²) in [5.74, 6) is 1.79. The number of anilines is 1. The molecule has 3 heteroatoms. The van der Waals surface area contributed by atoms with Gasteiger partial charge in [-0.05, 0) is 32.3 Å². The normalized spacial score (nSPS) is 16.5. The molecule has 2 heterocycles. The van der Waals surface area contributed by atoms with Crippen LogP contribution < -0.4 is 9.64 Å². The van der Waals surface area contributed by atoms with E-state index in [9.17, 15) is 0 Å². The first-order valence-electron chi connectivity index (χ1n) is 5.75. The fraction of sp³-hybridized carbons (Fsp3) is 0.583. The summed E-state index contributed by atoms with van der Waals surface area (Å²) in [6.07, 6.45) is 3.91. The summed E-state index contributed by atoms with van der Waals surface area (Å²) in [5, 5.41) is 0. The third kappa shape index (κ3) is 2.61. The van der Waals surface area contributed by atoms with Gasteiger partial charge in [-0.15, -0.1) is 0 Å². The number of pyridine rings is 1. The van der Waals surface area contributed by atoms with E-state index < -0.39 is 0 Å². The Hall–Kier alpha value is -1.25. The molecule has 1 aromatic rings. The van der Waals surface area contributed by atoms with Crippen molar-refractivity contribution in [3.8, 4) is 5.88 Å². The lowest BCUT2D eigenvalue weighted by Crippen LogP contribution is -2.30. The second kappa shape index (κ2) is 5.01. The van der Waals surface area contributed by atoms with Crippen LogP contribution in [0.4, 0.5) is 5.82 Å². The van der Waals surface area contributed by atoms with E-state index in [2.05, 4.69) is 16.0 Å². The standard InChI is InChI=1S/C12H18N2O/c1-2-15-12-8-6-7-11(13-12)14-9-4-3-5-10-14/h6-8H,2-5,9-10H2,1H3. The molecule has 1 aromatic heterocycles. The van der Waals surface area contributed by atoms with Gasteiger partial charge in [0.05, 0.1) is 6.61 Å². The van der Waals surface area contributed by atoms with Crippen molar-refractivity contribution in [3.05, 3.63) is 18.2 Å². The van der Waals surface area contributed by atoms with Crippen LogP contribution in [0.3, 0.4) is 0 Å². The molecule has 1 fully saturated rings. The third-order valence-electron chi connectivity index (χ3n) is 2.68. The molecule has 1 saturated heterocycles. The first-order chi connectivity index (χ1) is 7.40. The zero-order valence-electron chi connectivity index (χ0n) is 9.28. The van der Waals surface area contributed by atoms with Gasteiger partial charge >= 0.3 is 0 Å². The molecule has 0 amide bonds. The molecule has 15 heavy (non-hydrogen) atoms. The Morgan fingerprint density at radius 2 is 2.07 bits per heavy atom. The zero-order chi connectivity index (χ0) is 10.5. The van der Waals surface area contributed by atoms with Gasteiger partial charge in [-0.1, -0.05) is 6.07 Å². The number of rotatable bonds is 3. The second-order valence-electron chi connectivity index (χ2n) is 3.81. The lowest BCUT2D eigenvalue weighted by atomic mass is 10.1. The first-order valence-corrected chi connectivity index (χ1v) is 5.75. The van der Waals surface area contributed by atoms with Gasteiger partial charge < -0.3 is 9.64 Å². The second-order valence-corrected chi connectivity index (χ2v) is 3.81. The summed E-state index contributed by atoms with van der Waals surface area (Å²) in [6.45, 7) is 4.91. The van der Waals surface area contributed by atoms with E-state index >= 15 is 0 Å². The number of aromatic nitrogens is 1. The maximum Gasteiger partial charge on any atom is 0.215 e. The minimum absolute atomic E-state index is 0.677. The molecule has 0 saturated carbocycles. The minimum Gasteiger partial charge on any atom is -0.478 e. The fourth-order valence-electron chi connectivity index (χ4n) is 1.93. The number of piperidine rings is 1. The topological polar surface area (TPSA) is 25.4 Å². The first kappa shape index (κ1) is 10.3. The highest BCUT2D eigenvalue weighted by atomic mass is 16.5. The summed E-state index contributed by atoms with van der Waals surface area (Å²) in [5.41, 5.74) is 0. The Bertz CT molecular complexity index is 308. The van der Waals surface area contributed by atoms with Crippen LogP contribution in [0.15, 0.2) is 18.2 Å². The van der Waals surface area contributed by atoms with Crippen molar-refractivity contribution < 1.29 is 4.74 Å². The highest BCUT2D eigenvalue weighted by Gasteiger charge is 2.12. The van der Waals surface area contributed by atoms with Crippen LogP contribution in [0.1, 0.15) is 26.2 Å². The highest BCUT2D eigenvalue weighted by molar-refractivity contribution is 5.40. The Morgan fingerprint density at radius 1 is 1.27 bits per heavy atom. The van der Waals surface area contributed by atoms with Crippen LogP contribution >= 0.6 is 0 Å². The molecule has 1 aliphatic rings. The van der Waals surface area contributed by atoms with Gasteiger partial charge in [0.15, 0.2) is 0 Å². The average molecular weight is 206 g/mol. The molecule has 0 atom stereocenters. The maximum atomic E-state index is 5.40. The summed E-state index contributed by atoms with van der Waals surface area (Å²) < 4.78 is 5.40. The van der Waals surface area contributed by atoms with E-state index in [4.69, 9.17) is 4.74 Å². The molecule has 2 rings (SSSR count). The average Bonchev–Trinajstić information content (AvgIpc) is 2.31. The van der Waals surface area contributed by atoms with Crippen molar-refractivity contribution in [3.63, 3.8) is 0 Å². The Kier molecular flexibility index (Phi) is 3.43. The van der Waals surface area contributed by atoms with Crippen molar-refractivity contribution >= 4 is 5.82 Å². The molecule has 0 bridgehead atoms. The van der Waals surface area contributed by atoms with E-state index in [1.807, 2.05) is 19.1 Å². The summed E-state index contributed by atoms with van der Waals surface area (Å²) in [4.78, 5) is 6.83. The van der Waals surface area contributed by atoms with E-state index in [0.29, 0.717) is 6.61 Å². The van der Waals surface area contributed by atoms with Crippen LogP contribution in [0, 0.1) is 0 Å². The van der Waals surface area contributed by atoms with Gasteiger partial charge in [0.25, 0.3) is 0 Å². The molecule has 0 unspecified atom stereocenters. The van der Waals surface area contributed by atoms with Gasteiger partial charge in [-0.25, -0.2) is 0 Å². The lowest BCUT2D eigenvalue weighted by Gasteiger charge is -2.27. The van der Waals surface area contributed by atoms with Crippen LogP contribution in [0.2, 0.25) is 0 Å². The quantitative estimate of drug-likeness (QED) is 0.759. The van der Waals surface area contributed by atoms with E-state index in [-0.39, 0.29) is 0 Å². The molecule has 0 N–H and O–H groups in total. The number of nitrogens with zero attached hydrogens (tertiary/aromatic N) is 2. The van der Waals surface area contributed by atoms with Crippen LogP contribution in [0.5, 0.6) is 5.88 Å². The van der Waals surface area contributed by atoms with Gasteiger partial charge in [-0.2, -0.15) is 4.98 Å². The molecule has 3 nitrogen and oxygen atoms in total. The predicted octanol–water partition coefficient (Wildman–Crippen LogP) is 2.47. The van der Waals surface area contributed by atoms with Gasteiger partial charge in [0, 0.05) is 19.2 Å². The molecule has 0 aromatic carbocycles. The van der Waals surface area contributed by atoms with Crippen LogP contribution in [-0.2, 0) is 0 Å². The summed E-state index contributed by atoms with van der Waals surface area (Å²) >= 11 is 0. The van der Waals surface area contributed by atoms with Crippen LogP contribution in [0.25, 0.3) is 0 Å². The molecule has 0 aliphatic carbocycles. The van der Waals surface area contributed by atoms with E-state index in [0.717, 1.165) is 24.8 Å². The monoisotopic (exact) mass is 206 g/mol. The van der Waals surface area contributed by atoms with Crippen molar-refractivity contribution in [2.75, 3.05) is 24.6 Å². The maximum absolute atomic E-state index is 5.40. The van der Waals surface area contributed by atoms with Crippen molar-refractivity contribution in [1.29, 1.82) is 0 Å². The zero-order valence-corrected chi connectivity index (χ0v) is 9.28. The van der Waals surface area contributed by atoms with E-state index in [1.54, 1.807) is 0 Å². The van der Waals surface area contributed by atoms with Crippen LogP contribution in [-0.4, -0.2) is 24.7 Å².